The second-order valence-corrected chi connectivity index (χ2v) is 8.41. The molecule has 0 saturated heterocycles. The van der Waals surface area contributed by atoms with E-state index in [-0.39, 0.29) is 10.8 Å². The van der Waals surface area contributed by atoms with E-state index in [1.165, 1.54) is 11.4 Å². The van der Waals surface area contributed by atoms with Crippen molar-refractivity contribution < 1.29 is 13.2 Å². The minimum atomic E-state index is -3.66. The molecule has 0 aliphatic heterocycles. The zero-order valence-corrected chi connectivity index (χ0v) is 16.9. The quantitative estimate of drug-likeness (QED) is 0.501. The number of benzene rings is 3. The maximum absolute atomic E-state index is 12.7. The number of carbonyl (C=O) groups excluding carboxylic acids is 1. The van der Waals surface area contributed by atoms with Crippen molar-refractivity contribution in [1.29, 1.82) is 0 Å². The highest BCUT2D eigenvalue weighted by Gasteiger charge is 2.21. The molecule has 148 valence electrons. The number of nitrogens with one attached hydrogen (secondary N) is 1. The number of hydrogen-bond donors (Lipinski definition) is 1. The van der Waals surface area contributed by atoms with E-state index in [4.69, 9.17) is 0 Å². The van der Waals surface area contributed by atoms with Crippen molar-refractivity contribution in [1.82, 2.24) is 5.43 Å². The highest BCUT2D eigenvalue weighted by atomic mass is 32.2. The molecule has 0 fully saturated rings. The van der Waals surface area contributed by atoms with Crippen LogP contribution in [0.3, 0.4) is 0 Å². The number of carbonyl (C=O) groups is 1. The number of rotatable bonds is 6. The molecular formula is C22H21N3O3S. The molecule has 0 unspecified atom stereocenters. The van der Waals surface area contributed by atoms with Gasteiger partial charge in [0.2, 0.25) is 0 Å². The smallest absolute Gasteiger partial charge is 0.269 e. The fourth-order valence-electron chi connectivity index (χ4n) is 2.69. The molecule has 0 aliphatic carbocycles. The fourth-order valence-corrected chi connectivity index (χ4v) is 3.91. The lowest BCUT2D eigenvalue weighted by molar-refractivity contribution is 0.0955. The SMILES string of the molecule is Cc1cccc(/C=N\NC(=O)c2ccc(N(C)S(=O)(=O)c3ccccc3)cc2)c1. The summed E-state index contributed by atoms with van der Waals surface area (Å²) in [6.45, 7) is 1.98. The molecule has 0 aliphatic rings. The van der Waals surface area contributed by atoms with Crippen LogP contribution in [0.25, 0.3) is 0 Å². The van der Waals surface area contributed by atoms with Gasteiger partial charge in [-0.2, -0.15) is 5.10 Å². The third kappa shape index (κ3) is 4.89. The minimum Gasteiger partial charge on any atom is -0.269 e. The van der Waals surface area contributed by atoms with Gasteiger partial charge in [-0.15, -0.1) is 0 Å². The van der Waals surface area contributed by atoms with Crippen LogP contribution in [0.5, 0.6) is 0 Å². The van der Waals surface area contributed by atoms with Gasteiger partial charge in [0.1, 0.15) is 0 Å². The predicted molar refractivity (Wildman–Crippen MR) is 115 cm³/mol. The average Bonchev–Trinajstić information content (AvgIpc) is 2.74. The van der Waals surface area contributed by atoms with Crippen molar-refractivity contribution >= 4 is 27.8 Å². The third-order valence-electron chi connectivity index (χ3n) is 4.32. The van der Waals surface area contributed by atoms with Crippen LogP contribution in [0, 0.1) is 6.92 Å². The summed E-state index contributed by atoms with van der Waals surface area (Å²) >= 11 is 0. The maximum Gasteiger partial charge on any atom is 0.271 e. The zero-order valence-electron chi connectivity index (χ0n) is 16.1. The number of amides is 1. The van der Waals surface area contributed by atoms with Crippen molar-refractivity contribution in [2.45, 2.75) is 11.8 Å². The highest BCUT2D eigenvalue weighted by molar-refractivity contribution is 7.92. The van der Waals surface area contributed by atoms with E-state index >= 15 is 0 Å². The van der Waals surface area contributed by atoms with Gasteiger partial charge in [-0.1, -0.05) is 48.0 Å². The maximum atomic E-state index is 12.7. The van der Waals surface area contributed by atoms with Gasteiger partial charge < -0.3 is 0 Å². The van der Waals surface area contributed by atoms with Gasteiger partial charge in [0, 0.05) is 12.6 Å². The van der Waals surface area contributed by atoms with E-state index in [0.29, 0.717) is 11.3 Å². The summed E-state index contributed by atoms with van der Waals surface area (Å²) < 4.78 is 26.5. The molecule has 0 radical (unpaired) electrons. The summed E-state index contributed by atoms with van der Waals surface area (Å²) in [6.07, 6.45) is 1.57. The zero-order chi connectivity index (χ0) is 20.9. The van der Waals surface area contributed by atoms with Crippen LogP contribution < -0.4 is 9.73 Å². The molecule has 0 bridgehead atoms. The summed E-state index contributed by atoms with van der Waals surface area (Å²) in [5.41, 5.74) is 5.28. The van der Waals surface area contributed by atoms with E-state index in [1.54, 1.807) is 60.8 Å². The number of hydrogen-bond acceptors (Lipinski definition) is 4. The normalized spacial score (nSPS) is 11.4. The molecule has 7 heteroatoms. The lowest BCUT2D eigenvalue weighted by Crippen LogP contribution is -2.26. The predicted octanol–water partition coefficient (Wildman–Crippen LogP) is 3.58. The Labute approximate surface area is 170 Å². The first-order valence-corrected chi connectivity index (χ1v) is 10.4. The molecule has 1 amide bonds. The Balaban J connectivity index is 1.68. The fraction of sp³-hybridized carbons (Fsp3) is 0.0909. The van der Waals surface area contributed by atoms with Gasteiger partial charge in [0.25, 0.3) is 15.9 Å². The molecule has 0 heterocycles. The van der Waals surface area contributed by atoms with Gasteiger partial charge in [-0.3, -0.25) is 9.10 Å². The number of nitrogens with zero attached hydrogens (tertiary/aromatic N) is 2. The number of hydrazone groups is 1. The van der Waals surface area contributed by atoms with Gasteiger partial charge >= 0.3 is 0 Å². The van der Waals surface area contributed by atoms with E-state index in [9.17, 15) is 13.2 Å². The van der Waals surface area contributed by atoms with Crippen LogP contribution >= 0.6 is 0 Å². The molecular weight excluding hydrogens is 386 g/mol. The number of aryl methyl sites for hydroxylation is 1. The van der Waals surface area contributed by atoms with Crippen molar-refractivity contribution in [3.63, 3.8) is 0 Å². The van der Waals surface area contributed by atoms with Crippen molar-refractivity contribution in [3.8, 4) is 0 Å². The Morgan fingerprint density at radius 3 is 2.31 bits per heavy atom. The molecule has 3 rings (SSSR count). The molecule has 29 heavy (non-hydrogen) atoms. The average molecular weight is 407 g/mol. The summed E-state index contributed by atoms with van der Waals surface area (Å²) in [5, 5.41) is 3.96. The summed E-state index contributed by atoms with van der Waals surface area (Å²) in [5.74, 6) is -0.381. The number of sulfonamides is 1. The standard InChI is InChI=1S/C22H21N3O3S/c1-17-7-6-8-18(15-17)16-23-24-22(26)19-11-13-20(14-12-19)25(2)29(27,28)21-9-4-3-5-10-21/h3-16H,1-2H3,(H,24,26)/b23-16-. The van der Waals surface area contributed by atoms with Gasteiger partial charge in [0.15, 0.2) is 0 Å². The van der Waals surface area contributed by atoms with Gasteiger partial charge in [-0.05, 0) is 48.9 Å². The molecule has 6 nitrogen and oxygen atoms in total. The van der Waals surface area contributed by atoms with E-state index in [1.807, 2.05) is 31.2 Å². The van der Waals surface area contributed by atoms with Crippen LogP contribution in [-0.4, -0.2) is 27.6 Å². The molecule has 0 atom stereocenters. The van der Waals surface area contributed by atoms with Gasteiger partial charge in [-0.25, -0.2) is 13.8 Å². The van der Waals surface area contributed by atoms with E-state index in [2.05, 4.69) is 10.5 Å². The van der Waals surface area contributed by atoms with E-state index < -0.39 is 10.0 Å². The summed E-state index contributed by atoms with van der Waals surface area (Å²) in [7, 11) is -2.19. The second kappa shape index (κ2) is 8.70. The Kier molecular flexibility index (Phi) is 6.09. The largest absolute Gasteiger partial charge is 0.271 e. The first-order chi connectivity index (χ1) is 13.9. The van der Waals surface area contributed by atoms with Crippen LogP contribution in [-0.2, 0) is 10.0 Å². The Bertz CT molecular complexity index is 1130. The first-order valence-electron chi connectivity index (χ1n) is 8.92. The molecule has 1 N–H and O–H groups in total. The summed E-state index contributed by atoms with van der Waals surface area (Å²) in [6, 6.07) is 22.2. The first kappa shape index (κ1) is 20.3. The van der Waals surface area contributed by atoms with Crippen LogP contribution in [0.2, 0.25) is 0 Å². The lowest BCUT2D eigenvalue weighted by Gasteiger charge is -2.19. The van der Waals surface area contributed by atoms with Crippen LogP contribution in [0.4, 0.5) is 5.69 Å². The second-order valence-electron chi connectivity index (χ2n) is 6.45. The third-order valence-corrected chi connectivity index (χ3v) is 6.12. The Morgan fingerprint density at radius 1 is 0.966 bits per heavy atom. The highest BCUT2D eigenvalue weighted by Crippen LogP contribution is 2.22. The molecule has 3 aromatic rings. The Hall–Kier alpha value is -3.45. The van der Waals surface area contributed by atoms with Crippen molar-refractivity contribution in [2.75, 3.05) is 11.4 Å². The van der Waals surface area contributed by atoms with Gasteiger partial charge in [0.05, 0.1) is 16.8 Å². The molecule has 3 aromatic carbocycles. The van der Waals surface area contributed by atoms with Crippen LogP contribution in [0.15, 0.2) is 88.9 Å². The molecule has 0 saturated carbocycles. The molecule has 0 aromatic heterocycles. The van der Waals surface area contributed by atoms with Crippen molar-refractivity contribution in [3.05, 3.63) is 95.6 Å². The number of anilines is 1. The molecule has 0 spiro atoms. The Morgan fingerprint density at radius 2 is 1.66 bits per heavy atom. The lowest BCUT2D eigenvalue weighted by atomic mass is 10.2. The van der Waals surface area contributed by atoms with Crippen molar-refractivity contribution in [2.24, 2.45) is 5.10 Å². The van der Waals surface area contributed by atoms with Crippen LogP contribution in [0.1, 0.15) is 21.5 Å². The summed E-state index contributed by atoms with van der Waals surface area (Å²) in [4.78, 5) is 12.4. The topological polar surface area (TPSA) is 78.8 Å². The van der Waals surface area contributed by atoms with E-state index in [0.717, 1.165) is 11.1 Å². The monoisotopic (exact) mass is 407 g/mol. The minimum absolute atomic E-state index is 0.204.